The van der Waals surface area contributed by atoms with Crippen LogP contribution in [0.4, 0.5) is 10.2 Å². The number of aromatic nitrogens is 2. The molecule has 6 nitrogen and oxygen atoms in total. The number of rotatable bonds is 4. The van der Waals surface area contributed by atoms with E-state index in [2.05, 4.69) is 15.3 Å². The third-order valence-electron chi connectivity index (χ3n) is 3.50. The smallest absolute Gasteiger partial charge is 0.254 e. The second-order valence-corrected chi connectivity index (χ2v) is 5.00. The Labute approximate surface area is 126 Å². The van der Waals surface area contributed by atoms with E-state index in [9.17, 15) is 9.18 Å². The molecule has 1 fully saturated rings. The molecule has 1 aliphatic heterocycles. The number of halogens is 1. The van der Waals surface area contributed by atoms with Gasteiger partial charge in [-0.1, -0.05) is 0 Å². The van der Waals surface area contributed by atoms with Gasteiger partial charge >= 0.3 is 0 Å². The molecule has 2 aromatic rings. The number of methoxy groups -OCH3 is 1. The number of ether oxygens (including phenoxy) is 1. The van der Waals surface area contributed by atoms with Gasteiger partial charge in [-0.15, -0.1) is 0 Å². The van der Waals surface area contributed by atoms with Gasteiger partial charge in [0, 0.05) is 24.8 Å². The van der Waals surface area contributed by atoms with Crippen LogP contribution in [0.25, 0.3) is 0 Å². The van der Waals surface area contributed by atoms with Crippen LogP contribution in [0.3, 0.4) is 0 Å². The lowest BCUT2D eigenvalue weighted by Gasteiger charge is -2.39. The summed E-state index contributed by atoms with van der Waals surface area (Å²) in [4.78, 5) is 21.8. The second-order valence-electron chi connectivity index (χ2n) is 5.00. The molecule has 0 unspecified atom stereocenters. The highest BCUT2D eigenvalue weighted by atomic mass is 19.1. The number of nitrogens with one attached hydrogen (secondary N) is 1. The van der Waals surface area contributed by atoms with Crippen molar-refractivity contribution in [1.82, 2.24) is 14.9 Å². The highest BCUT2D eigenvalue weighted by Gasteiger charge is 2.31. The van der Waals surface area contributed by atoms with E-state index >= 15 is 0 Å². The van der Waals surface area contributed by atoms with Gasteiger partial charge in [-0.2, -0.15) is 0 Å². The van der Waals surface area contributed by atoms with Crippen molar-refractivity contribution < 1.29 is 13.9 Å². The first-order valence-corrected chi connectivity index (χ1v) is 6.82. The molecule has 0 spiro atoms. The maximum absolute atomic E-state index is 13.6. The van der Waals surface area contributed by atoms with Gasteiger partial charge in [0.25, 0.3) is 5.91 Å². The van der Waals surface area contributed by atoms with E-state index < -0.39 is 5.82 Å². The number of anilines is 1. The van der Waals surface area contributed by atoms with Crippen molar-refractivity contribution in [2.24, 2.45) is 0 Å². The SMILES string of the molecule is COc1ccc(C(=O)N2CC(Nc3ccncn3)C2)cc1F. The molecule has 0 saturated carbocycles. The zero-order valence-corrected chi connectivity index (χ0v) is 12.0. The molecule has 1 saturated heterocycles. The molecule has 1 amide bonds. The van der Waals surface area contributed by atoms with Gasteiger partial charge in [0.05, 0.1) is 13.2 Å². The standard InChI is InChI=1S/C15H15FN4O2/c1-22-13-3-2-10(6-12(13)16)15(21)20-7-11(8-20)19-14-4-5-17-9-18-14/h2-6,9,11H,7-8H2,1H3,(H,17,18,19). The summed E-state index contributed by atoms with van der Waals surface area (Å²) in [5.74, 6) is 0.123. The molecule has 0 radical (unpaired) electrons. The minimum atomic E-state index is -0.537. The van der Waals surface area contributed by atoms with E-state index in [4.69, 9.17) is 4.74 Å². The molecule has 7 heteroatoms. The van der Waals surface area contributed by atoms with Crippen LogP contribution >= 0.6 is 0 Å². The molecule has 1 N–H and O–H groups in total. The molecule has 1 aromatic carbocycles. The van der Waals surface area contributed by atoms with Crippen molar-refractivity contribution in [1.29, 1.82) is 0 Å². The van der Waals surface area contributed by atoms with Crippen LogP contribution in [0.1, 0.15) is 10.4 Å². The van der Waals surface area contributed by atoms with Gasteiger partial charge in [0.15, 0.2) is 11.6 Å². The first-order chi connectivity index (χ1) is 10.7. The quantitative estimate of drug-likeness (QED) is 0.928. The summed E-state index contributed by atoms with van der Waals surface area (Å²) in [6.07, 6.45) is 3.11. The fraction of sp³-hybridized carbons (Fsp3) is 0.267. The number of amides is 1. The van der Waals surface area contributed by atoms with E-state index in [-0.39, 0.29) is 17.7 Å². The first kappa shape index (κ1) is 14.2. The van der Waals surface area contributed by atoms with Crippen LogP contribution in [0.15, 0.2) is 36.8 Å². The molecule has 1 aliphatic rings. The Balaban J connectivity index is 1.58. The summed E-state index contributed by atoms with van der Waals surface area (Å²) in [5.41, 5.74) is 0.318. The molecule has 0 atom stereocenters. The number of nitrogens with zero attached hydrogens (tertiary/aromatic N) is 3. The number of carbonyl (C=O) groups is 1. The highest BCUT2D eigenvalue weighted by molar-refractivity contribution is 5.95. The third kappa shape index (κ3) is 2.83. The topological polar surface area (TPSA) is 67.3 Å². The van der Waals surface area contributed by atoms with Crippen molar-refractivity contribution in [3.8, 4) is 5.75 Å². The van der Waals surface area contributed by atoms with Gasteiger partial charge in [0.1, 0.15) is 12.1 Å². The Morgan fingerprint density at radius 1 is 1.41 bits per heavy atom. The molecule has 22 heavy (non-hydrogen) atoms. The Morgan fingerprint density at radius 2 is 2.23 bits per heavy atom. The van der Waals surface area contributed by atoms with Gasteiger partial charge < -0.3 is 15.0 Å². The fourth-order valence-electron chi connectivity index (χ4n) is 2.30. The van der Waals surface area contributed by atoms with Crippen LogP contribution in [0, 0.1) is 5.82 Å². The predicted molar refractivity (Wildman–Crippen MR) is 78.3 cm³/mol. The van der Waals surface area contributed by atoms with Crippen LogP contribution in [-0.4, -0.2) is 47.0 Å². The monoisotopic (exact) mass is 302 g/mol. The highest BCUT2D eigenvalue weighted by Crippen LogP contribution is 2.21. The van der Waals surface area contributed by atoms with E-state index in [1.807, 2.05) is 0 Å². The first-order valence-electron chi connectivity index (χ1n) is 6.82. The van der Waals surface area contributed by atoms with E-state index in [1.165, 1.54) is 25.6 Å². The van der Waals surface area contributed by atoms with E-state index in [0.29, 0.717) is 18.7 Å². The van der Waals surface area contributed by atoms with Gasteiger partial charge in [0.2, 0.25) is 0 Å². The summed E-state index contributed by atoms with van der Waals surface area (Å²) < 4.78 is 18.5. The largest absolute Gasteiger partial charge is 0.494 e. The summed E-state index contributed by atoms with van der Waals surface area (Å²) in [6, 6.07) is 6.13. The molecular formula is C15H15FN4O2. The summed E-state index contributed by atoms with van der Waals surface area (Å²) in [5, 5.41) is 3.21. The molecule has 0 bridgehead atoms. The number of hydrogen-bond donors (Lipinski definition) is 1. The average Bonchev–Trinajstić information content (AvgIpc) is 2.51. The van der Waals surface area contributed by atoms with Crippen molar-refractivity contribution in [2.75, 3.05) is 25.5 Å². The van der Waals surface area contributed by atoms with Crippen molar-refractivity contribution in [2.45, 2.75) is 6.04 Å². The molecule has 1 aromatic heterocycles. The van der Waals surface area contributed by atoms with Crippen LogP contribution in [0.5, 0.6) is 5.75 Å². The lowest BCUT2D eigenvalue weighted by Crippen LogP contribution is -2.57. The van der Waals surface area contributed by atoms with E-state index in [0.717, 1.165) is 5.82 Å². The number of carbonyl (C=O) groups excluding carboxylic acids is 1. The summed E-state index contributed by atoms with van der Waals surface area (Å²) in [6.45, 7) is 1.10. The molecular weight excluding hydrogens is 287 g/mol. The van der Waals surface area contributed by atoms with Gasteiger partial charge in [-0.25, -0.2) is 14.4 Å². The third-order valence-corrected chi connectivity index (χ3v) is 3.50. The molecule has 3 rings (SSSR count). The lowest BCUT2D eigenvalue weighted by atomic mass is 10.1. The zero-order chi connectivity index (χ0) is 15.5. The van der Waals surface area contributed by atoms with Crippen molar-refractivity contribution in [3.05, 3.63) is 48.2 Å². The molecule has 0 aliphatic carbocycles. The Kier molecular flexibility index (Phi) is 3.86. The van der Waals surface area contributed by atoms with Gasteiger partial charge in [-0.3, -0.25) is 4.79 Å². The molecule has 2 heterocycles. The number of likely N-dealkylation sites (tertiary alicyclic amines) is 1. The average molecular weight is 302 g/mol. The lowest BCUT2D eigenvalue weighted by molar-refractivity contribution is 0.0624. The number of hydrogen-bond acceptors (Lipinski definition) is 5. The summed E-state index contributed by atoms with van der Waals surface area (Å²) in [7, 11) is 1.39. The second kappa shape index (κ2) is 5.97. The van der Waals surface area contributed by atoms with E-state index in [1.54, 1.807) is 23.2 Å². The predicted octanol–water partition coefficient (Wildman–Crippen LogP) is 1.56. The van der Waals surface area contributed by atoms with Crippen LogP contribution < -0.4 is 10.1 Å². The fourth-order valence-corrected chi connectivity index (χ4v) is 2.30. The maximum atomic E-state index is 13.6. The normalized spacial score (nSPS) is 14.4. The van der Waals surface area contributed by atoms with Crippen molar-refractivity contribution >= 4 is 11.7 Å². The Bertz CT molecular complexity index is 674. The zero-order valence-electron chi connectivity index (χ0n) is 12.0. The Hall–Kier alpha value is -2.70. The van der Waals surface area contributed by atoms with Crippen LogP contribution in [-0.2, 0) is 0 Å². The maximum Gasteiger partial charge on any atom is 0.254 e. The van der Waals surface area contributed by atoms with Crippen LogP contribution in [0.2, 0.25) is 0 Å². The van der Waals surface area contributed by atoms with Crippen molar-refractivity contribution in [3.63, 3.8) is 0 Å². The molecule has 114 valence electrons. The van der Waals surface area contributed by atoms with Gasteiger partial charge in [-0.05, 0) is 24.3 Å². The summed E-state index contributed by atoms with van der Waals surface area (Å²) >= 11 is 0. The minimum absolute atomic E-state index is 0.128. The number of benzene rings is 1. The Morgan fingerprint density at radius 3 is 2.86 bits per heavy atom. The minimum Gasteiger partial charge on any atom is -0.494 e.